The van der Waals surface area contributed by atoms with E-state index in [2.05, 4.69) is 10.3 Å². The second-order valence-corrected chi connectivity index (χ2v) is 2.83. The summed E-state index contributed by atoms with van der Waals surface area (Å²) in [7, 11) is 1.67. The van der Waals surface area contributed by atoms with Crippen molar-refractivity contribution >= 4 is 11.0 Å². The summed E-state index contributed by atoms with van der Waals surface area (Å²) in [6.07, 6.45) is 0. The van der Waals surface area contributed by atoms with Crippen LogP contribution in [0.2, 0.25) is 0 Å². The van der Waals surface area contributed by atoms with E-state index in [1.807, 2.05) is 13.0 Å². The molecule has 0 fully saturated rings. The minimum absolute atomic E-state index is 0.266. The Morgan fingerprint density at radius 1 is 1.42 bits per heavy atom. The summed E-state index contributed by atoms with van der Waals surface area (Å²) in [4.78, 5) is 0. The molecule has 3 nitrogen and oxygen atoms in total. The van der Waals surface area contributed by atoms with Gasteiger partial charge in [-0.25, -0.2) is 9.07 Å². The molecule has 2 aromatic rings. The molecular weight excluding hydrogens is 157 g/mol. The number of fused-ring (bicyclic) bond motifs is 1. The van der Waals surface area contributed by atoms with Crippen LogP contribution in [0.3, 0.4) is 0 Å². The fraction of sp³-hybridized carbons (Fsp3) is 0.250. The summed E-state index contributed by atoms with van der Waals surface area (Å²) in [5.41, 5.74) is 1.93. The Hall–Kier alpha value is -1.45. The molecule has 4 heteroatoms. The van der Waals surface area contributed by atoms with E-state index in [9.17, 15) is 4.39 Å². The van der Waals surface area contributed by atoms with Gasteiger partial charge in [-0.05, 0) is 24.6 Å². The van der Waals surface area contributed by atoms with Crippen LogP contribution in [0.4, 0.5) is 4.39 Å². The van der Waals surface area contributed by atoms with Gasteiger partial charge in [0.1, 0.15) is 11.0 Å². The summed E-state index contributed by atoms with van der Waals surface area (Å²) in [6.45, 7) is 1.83. The van der Waals surface area contributed by atoms with Crippen molar-refractivity contribution in [2.75, 3.05) is 0 Å². The van der Waals surface area contributed by atoms with Crippen LogP contribution in [-0.4, -0.2) is 15.0 Å². The molecule has 0 bridgehead atoms. The van der Waals surface area contributed by atoms with Gasteiger partial charge in [0.25, 0.3) is 0 Å². The molecule has 62 valence electrons. The molecule has 1 heterocycles. The van der Waals surface area contributed by atoms with Crippen LogP contribution < -0.4 is 0 Å². The molecule has 0 saturated carbocycles. The number of hydrogen-bond donors (Lipinski definition) is 0. The highest BCUT2D eigenvalue weighted by atomic mass is 19.1. The van der Waals surface area contributed by atoms with E-state index < -0.39 is 0 Å². The molecule has 0 N–H and O–H groups in total. The quantitative estimate of drug-likeness (QED) is 0.591. The van der Waals surface area contributed by atoms with Gasteiger partial charge in [0.05, 0.1) is 0 Å². The predicted octanol–water partition coefficient (Wildman–Crippen LogP) is 1.42. The molecule has 0 atom stereocenters. The molecule has 0 amide bonds. The van der Waals surface area contributed by atoms with Gasteiger partial charge in [-0.2, -0.15) is 0 Å². The maximum Gasteiger partial charge on any atom is 0.151 e. The Kier molecular flexibility index (Phi) is 1.36. The average molecular weight is 165 g/mol. The number of aromatic nitrogens is 3. The minimum Gasteiger partial charge on any atom is -0.245 e. The lowest BCUT2D eigenvalue weighted by atomic mass is 10.2. The van der Waals surface area contributed by atoms with Gasteiger partial charge in [0.15, 0.2) is 5.82 Å². The molecule has 0 unspecified atom stereocenters. The highest BCUT2D eigenvalue weighted by Gasteiger charge is 2.07. The van der Waals surface area contributed by atoms with Crippen LogP contribution in [0.5, 0.6) is 0 Å². The monoisotopic (exact) mass is 165 g/mol. The number of benzene rings is 1. The number of halogens is 1. The predicted molar refractivity (Wildman–Crippen MR) is 43.2 cm³/mol. The summed E-state index contributed by atoms with van der Waals surface area (Å²) >= 11 is 0. The maximum atomic E-state index is 13.2. The third kappa shape index (κ3) is 0.879. The van der Waals surface area contributed by atoms with Crippen LogP contribution in [0.1, 0.15) is 5.56 Å². The average Bonchev–Trinajstić information content (AvgIpc) is 2.31. The first kappa shape index (κ1) is 7.21. The van der Waals surface area contributed by atoms with Gasteiger partial charge in [-0.3, -0.25) is 0 Å². The zero-order valence-electron chi connectivity index (χ0n) is 6.87. The molecule has 0 saturated heterocycles. The van der Waals surface area contributed by atoms with E-state index in [0.29, 0.717) is 11.0 Å². The maximum absolute atomic E-state index is 13.2. The highest BCUT2D eigenvalue weighted by Crippen LogP contribution is 2.16. The third-order valence-corrected chi connectivity index (χ3v) is 1.80. The van der Waals surface area contributed by atoms with Crippen molar-refractivity contribution in [3.63, 3.8) is 0 Å². The van der Waals surface area contributed by atoms with Crippen LogP contribution in [-0.2, 0) is 7.05 Å². The van der Waals surface area contributed by atoms with Crippen molar-refractivity contribution in [1.82, 2.24) is 15.0 Å². The Bertz CT molecular complexity index is 433. The fourth-order valence-electron chi connectivity index (χ4n) is 1.27. The van der Waals surface area contributed by atoms with E-state index in [-0.39, 0.29) is 5.82 Å². The van der Waals surface area contributed by atoms with Crippen molar-refractivity contribution in [1.29, 1.82) is 0 Å². The van der Waals surface area contributed by atoms with Gasteiger partial charge in [0, 0.05) is 7.05 Å². The van der Waals surface area contributed by atoms with Crippen molar-refractivity contribution in [3.8, 4) is 0 Å². The molecule has 0 aliphatic heterocycles. The van der Waals surface area contributed by atoms with E-state index in [1.165, 1.54) is 10.7 Å². The smallest absolute Gasteiger partial charge is 0.151 e. The number of hydrogen-bond acceptors (Lipinski definition) is 2. The molecule has 0 spiro atoms. The first-order valence-electron chi connectivity index (χ1n) is 3.64. The highest BCUT2D eigenvalue weighted by molar-refractivity contribution is 5.75. The summed E-state index contributed by atoms with van der Waals surface area (Å²) in [5, 5.41) is 7.54. The van der Waals surface area contributed by atoms with Crippen LogP contribution >= 0.6 is 0 Å². The molecule has 1 aromatic heterocycles. The minimum atomic E-state index is -0.266. The van der Waals surface area contributed by atoms with Gasteiger partial charge in [0.2, 0.25) is 0 Å². The van der Waals surface area contributed by atoms with Gasteiger partial charge >= 0.3 is 0 Å². The summed E-state index contributed by atoms with van der Waals surface area (Å²) in [5.74, 6) is -0.266. The molecule has 12 heavy (non-hydrogen) atoms. The van der Waals surface area contributed by atoms with Crippen molar-refractivity contribution < 1.29 is 4.39 Å². The normalized spacial score (nSPS) is 10.9. The van der Waals surface area contributed by atoms with E-state index in [0.717, 1.165) is 5.56 Å². The number of aryl methyl sites for hydroxylation is 2. The Morgan fingerprint density at radius 3 is 2.92 bits per heavy atom. The molecule has 0 radical (unpaired) electrons. The van der Waals surface area contributed by atoms with Crippen molar-refractivity contribution in [2.45, 2.75) is 6.92 Å². The first-order valence-corrected chi connectivity index (χ1v) is 3.64. The number of rotatable bonds is 0. The number of nitrogens with zero attached hydrogens (tertiary/aromatic N) is 3. The summed E-state index contributed by atoms with van der Waals surface area (Å²) < 4.78 is 14.7. The SMILES string of the molecule is Cc1cc(F)c2c(c1)nnn2C. The van der Waals surface area contributed by atoms with E-state index in [4.69, 9.17) is 0 Å². The second-order valence-electron chi connectivity index (χ2n) is 2.83. The first-order chi connectivity index (χ1) is 5.68. The Morgan fingerprint density at radius 2 is 2.17 bits per heavy atom. The van der Waals surface area contributed by atoms with Gasteiger partial charge in [-0.1, -0.05) is 5.21 Å². The third-order valence-electron chi connectivity index (χ3n) is 1.80. The van der Waals surface area contributed by atoms with E-state index in [1.54, 1.807) is 7.05 Å². The Balaban J connectivity index is 2.93. The zero-order chi connectivity index (χ0) is 8.72. The second kappa shape index (κ2) is 2.27. The van der Waals surface area contributed by atoms with Crippen molar-refractivity contribution in [2.24, 2.45) is 7.05 Å². The molecule has 1 aromatic carbocycles. The summed E-state index contributed by atoms with van der Waals surface area (Å²) in [6, 6.07) is 3.29. The standard InChI is InChI=1S/C8H8FN3/c1-5-3-6(9)8-7(4-5)10-11-12(8)2/h3-4H,1-2H3. The topological polar surface area (TPSA) is 30.7 Å². The lowest BCUT2D eigenvalue weighted by molar-refractivity contribution is 0.622. The van der Waals surface area contributed by atoms with Gasteiger partial charge < -0.3 is 0 Å². The fourth-order valence-corrected chi connectivity index (χ4v) is 1.27. The largest absolute Gasteiger partial charge is 0.245 e. The Labute approximate surface area is 68.8 Å². The van der Waals surface area contributed by atoms with Crippen LogP contribution in [0, 0.1) is 12.7 Å². The molecular formula is C8H8FN3. The van der Waals surface area contributed by atoms with E-state index >= 15 is 0 Å². The lowest BCUT2D eigenvalue weighted by Gasteiger charge is -1.95. The van der Waals surface area contributed by atoms with Crippen LogP contribution in [0.25, 0.3) is 11.0 Å². The lowest BCUT2D eigenvalue weighted by Crippen LogP contribution is -1.92. The van der Waals surface area contributed by atoms with Crippen LogP contribution in [0.15, 0.2) is 12.1 Å². The molecule has 2 rings (SSSR count). The molecule has 0 aliphatic carbocycles. The van der Waals surface area contributed by atoms with Crippen molar-refractivity contribution in [3.05, 3.63) is 23.5 Å². The molecule has 0 aliphatic rings. The van der Waals surface area contributed by atoms with Gasteiger partial charge in [-0.15, -0.1) is 5.10 Å². The zero-order valence-corrected chi connectivity index (χ0v) is 6.87.